The summed E-state index contributed by atoms with van der Waals surface area (Å²) >= 11 is 0. The monoisotopic (exact) mass is 281 g/mol. The summed E-state index contributed by atoms with van der Waals surface area (Å²) in [5, 5.41) is 26.1. The normalized spacial score (nSPS) is 19.4. The van der Waals surface area contributed by atoms with E-state index in [1.54, 1.807) is 4.68 Å². The molecule has 0 bridgehead atoms. The molecule has 1 atom stereocenters. The van der Waals surface area contributed by atoms with Crippen LogP contribution in [0.5, 0.6) is 0 Å². The van der Waals surface area contributed by atoms with Crippen molar-refractivity contribution in [1.29, 1.82) is 0 Å². The number of aliphatic hydroxyl groups excluding tert-OH is 1. The SMILES string of the molecule is Cc1nn(C)c(N2CCC(C(C)O)CC2)c1C(N)=NO. The van der Waals surface area contributed by atoms with Gasteiger partial charge >= 0.3 is 0 Å². The van der Waals surface area contributed by atoms with Crippen LogP contribution < -0.4 is 10.6 Å². The van der Waals surface area contributed by atoms with E-state index < -0.39 is 0 Å². The standard InChI is InChI=1S/C13H23N5O2/c1-8-11(12(14)16-20)13(17(3)15-8)18-6-4-10(5-7-18)9(2)19/h9-10,19-20H,4-7H2,1-3H3,(H2,14,16). The Balaban J connectivity index is 2.26. The number of nitrogens with two attached hydrogens (primary N) is 1. The highest BCUT2D eigenvalue weighted by molar-refractivity contribution is 6.02. The number of aliphatic hydroxyl groups is 1. The van der Waals surface area contributed by atoms with Gasteiger partial charge < -0.3 is 20.9 Å². The van der Waals surface area contributed by atoms with E-state index in [2.05, 4.69) is 15.2 Å². The van der Waals surface area contributed by atoms with Crippen molar-refractivity contribution in [3.63, 3.8) is 0 Å². The summed E-state index contributed by atoms with van der Waals surface area (Å²) in [6, 6.07) is 0. The molecule has 20 heavy (non-hydrogen) atoms. The number of hydrogen-bond acceptors (Lipinski definition) is 5. The first kappa shape index (κ1) is 14.6. The molecule has 0 aliphatic carbocycles. The lowest BCUT2D eigenvalue weighted by Gasteiger charge is -2.35. The quantitative estimate of drug-likeness (QED) is 0.323. The van der Waals surface area contributed by atoms with Crippen LogP contribution in [0.15, 0.2) is 5.16 Å². The molecule has 0 radical (unpaired) electrons. The molecule has 1 aromatic rings. The highest BCUT2D eigenvalue weighted by Gasteiger charge is 2.28. The van der Waals surface area contributed by atoms with Crippen molar-refractivity contribution in [2.24, 2.45) is 23.9 Å². The van der Waals surface area contributed by atoms with Gasteiger partial charge in [0.2, 0.25) is 0 Å². The summed E-state index contributed by atoms with van der Waals surface area (Å²) < 4.78 is 1.77. The lowest BCUT2D eigenvalue weighted by molar-refractivity contribution is 0.109. The molecule has 2 rings (SSSR count). The number of aryl methyl sites for hydroxylation is 2. The van der Waals surface area contributed by atoms with Gasteiger partial charge in [-0.15, -0.1) is 0 Å². The van der Waals surface area contributed by atoms with Crippen molar-refractivity contribution in [1.82, 2.24) is 9.78 Å². The van der Waals surface area contributed by atoms with Gasteiger partial charge in [0, 0.05) is 20.1 Å². The molecule has 0 amide bonds. The van der Waals surface area contributed by atoms with Crippen LogP contribution in [0, 0.1) is 12.8 Å². The zero-order chi connectivity index (χ0) is 14.9. The third-order valence-corrected chi connectivity index (χ3v) is 4.08. The van der Waals surface area contributed by atoms with Crippen molar-refractivity contribution < 1.29 is 10.3 Å². The van der Waals surface area contributed by atoms with E-state index in [0.717, 1.165) is 37.4 Å². The van der Waals surface area contributed by atoms with Gasteiger partial charge in [-0.25, -0.2) is 0 Å². The van der Waals surface area contributed by atoms with Crippen LogP contribution in [0.1, 0.15) is 31.0 Å². The smallest absolute Gasteiger partial charge is 0.175 e. The summed E-state index contributed by atoms with van der Waals surface area (Å²) in [7, 11) is 1.86. The minimum atomic E-state index is -0.269. The van der Waals surface area contributed by atoms with E-state index in [1.807, 2.05) is 20.9 Å². The molecule has 0 saturated carbocycles. The number of oxime groups is 1. The molecule has 1 unspecified atom stereocenters. The van der Waals surface area contributed by atoms with E-state index >= 15 is 0 Å². The summed E-state index contributed by atoms with van der Waals surface area (Å²) in [4.78, 5) is 2.19. The molecule has 4 N–H and O–H groups in total. The highest BCUT2D eigenvalue weighted by atomic mass is 16.4. The minimum absolute atomic E-state index is 0.0863. The van der Waals surface area contributed by atoms with Crippen LogP contribution in [0.3, 0.4) is 0 Å². The Bertz CT molecular complexity index is 501. The van der Waals surface area contributed by atoms with Gasteiger partial charge in [0.15, 0.2) is 5.84 Å². The molecule has 1 aromatic heterocycles. The third kappa shape index (κ3) is 2.58. The van der Waals surface area contributed by atoms with Gasteiger partial charge in [-0.1, -0.05) is 5.16 Å². The van der Waals surface area contributed by atoms with Crippen molar-refractivity contribution in [3.05, 3.63) is 11.3 Å². The number of aromatic nitrogens is 2. The van der Waals surface area contributed by atoms with Crippen molar-refractivity contribution >= 4 is 11.7 Å². The van der Waals surface area contributed by atoms with Crippen LogP contribution >= 0.6 is 0 Å². The molecular formula is C13H23N5O2. The summed E-state index contributed by atoms with van der Waals surface area (Å²) in [5.41, 5.74) is 7.20. The predicted octanol–water partition coefficient (Wildman–Crippen LogP) is 0.420. The molecule has 0 spiro atoms. The first-order valence-electron chi connectivity index (χ1n) is 6.90. The topological polar surface area (TPSA) is 99.9 Å². The summed E-state index contributed by atoms with van der Waals surface area (Å²) in [5.74, 6) is 1.30. The fourth-order valence-corrected chi connectivity index (χ4v) is 2.95. The molecule has 1 aliphatic rings. The summed E-state index contributed by atoms with van der Waals surface area (Å²) in [6.07, 6.45) is 1.59. The second kappa shape index (κ2) is 5.70. The van der Waals surface area contributed by atoms with E-state index in [4.69, 9.17) is 10.9 Å². The molecule has 112 valence electrons. The minimum Gasteiger partial charge on any atom is -0.409 e. The van der Waals surface area contributed by atoms with Crippen molar-refractivity contribution in [2.45, 2.75) is 32.8 Å². The predicted molar refractivity (Wildman–Crippen MR) is 77.1 cm³/mol. The number of anilines is 1. The maximum Gasteiger partial charge on any atom is 0.175 e. The van der Waals surface area contributed by atoms with E-state index in [-0.39, 0.29) is 11.9 Å². The van der Waals surface area contributed by atoms with E-state index in [9.17, 15) is 5.11 Å². The first-order valence-corrected chi connectivity index (χ1v) is 6.90. The van der Waals surface area contributed by atoms with Gasteiger partial charge in [0.05, 0.1) is 17.4 Å². The molecule has 1 saturated heterocycles. The van der Waals surface area contributed by atoms with Crippen LogP contribution in [0.2, 0.25) is 0 Å². The molecule has 2 heterocycles. The number of amidine groups is 1. The number of rotatable bonds is 3. The molecule has 0 aromatic carbocycles. The molecule has 1 aliphatic heterocycles. The average molecular weight is 281 g/mol. The Labute approximate surface area is 118 Å². The van der Waals surface area contributed by atoms with Crippen LogP contribution in [0.25, 0.3) is 0 Å². The lowest BCUT2D eigenvalue weighted by Crippen LogP contribution is -2.39. The molecule has 7 nitrogen and oxygen atoms in total. The Hall–Kier alpha value is -1.76. The Morgan fingerprint density at radius 3 is 2.55 bits per heavy atom. The molecule has 1 fully saturated rings. The van der Waals surface area contributed by atoms with Crippen molar-refractivity contribution in [2.75, 3.05) is 18.0 Å². The van der Waals surface area contributed by atoms with Crippen LogP contribution in [-0.2, 0) is 7.05 Å². The number of nitrogens with zero attached hydrogens (tertiary/aromatic N) is 4. The second-order valence-electron chi connectivity index (χ2n) is 5.46. The fourth-order valence-electron chi connectivity index (χ4n) is 2.95. The third-order valence-electron chi connectivity index (χ3n) is 4.08. The zero-order valence-electron chi connectivity index (χ0n) is 12.2. The second-order valence-corrected chi connectivity index (χ2v) is 5.46. The van der Waals surface area contributed by atoms with Crippen molar-refractivity contribution in [3.8, 4) is 0 Å². The Morgan fingerprint density at radius 1 is 1.45 bits per heavy atom. The van der Waals surface area contributed by atoms with Gasteiger partial charge in [-0.2, -0.15) is 5.10 Å². The van der Waals surface area contributed by atoms with Gasteiger partial charge in [0.25, 0.3) is 0 Å². The maximum absolute atomic E-state index is 9.67. The van der Waals surface area contributed by atoms with Gasteiger partial charge in [-0.05, 0) is 32.6 Å². The van der Waals surface area contributed by atoms with Gasteiger partial charge in [-0.3, -0.25) is 4.68 Å². The highest BCUT2D eigenvalue weighted by Crippen LogP contribution is 2.29. The van der Waals surface area contributed by atoms with Crippen LogP contribution in [0.4, 0.5) is 5.82 Å². The molecular weight excluding hydrogens is 258 g/mol. The van der Waals surface area contributed by atoms with E-state index in [0.29, 0.717) is 11.5 Å². The molecule has 7 heteroatoms. The lowest BCUT2D eigenvalue weighted by atomic mass is 9.92. The first-order chi connectivity index (χ1) is 9.45. The Morgan fingerprint density at radius 2 is 2.05 bits per heavy atom. The van der Waals surface area contributed by atoms with Gasteiger partial charge in [0.1, 0.15) is 5.82 Å². The number of piperidine rings is 1. The van der Waals surface area contributed by atoms with Crippen LogP contribution in [-0.4, -0.2) is 45.1 Å². The largest absolute Gasteiger partial charge is 0.409 e. The zero-order valence-corrected chi connectivity index (χ0v) is 12.2. The number of hydrogen-bond donors (Lipinski definition) is 3. The average Bonchev–Trinajstić information content (AvgIpc) is 2.72. The Kier molecular flexibility index (Phi) is 4.17. The fraction of sp³-hybridized carbons (Fsp3) is 0.692. The maximum atomic E-state index is 9.67. The van der Waals surface area contributed by atoms with E-state index in [1.165, 1.54) is 0 Å². The summed E-state index contributed by atoms with van der Waals surface area (Å²) in [6.45, 7) is 5.36.